The van der Waals surface area contributed by atoms with Crippen molar-refractivity contribution in [2.75, 3.05) is 6.61 Å². The number of fused-ring (bicyclic) bond motifs is 3. The molecule has 1 atom stereocenters. The fourth-order valence-corrected chi connectivity index (χ4v) is 4.15. The number of carboxylic acids is 1. The number of aryl methyl sites for hydroxylation is 1. The van der Waals surface area contributed by atoms with Gasteiger partial charge in [-0.15, -0.1) is 0 Å². The zero-order chi connectivity index (χ0) is 22.8. The summed E-state index contributed by atoms with van der Waals surface area (Å²) in [4.78, 5) is 24.2. The first-order valence-corrected chi connectivity index (χ1v) is 10.2. The molecule has 7 nitrogen and oxygen atoms in total. The topological polar surface area (TPSA) is 116 Å². The Morgan fingerprint density at radius 1 is 0.969 bits per heavy atom. The largest absolute Gasteiger partial charge is 0.504 e. The third kappa shape index (κ3) is 4.09. The van der Waals surface area contributed by atoms with Crippen LogP contribution in [0.4, 0.5) is 4.79 Å². The van der Waals surface area contributed by atoms with Crippen molar-refractivity contribution in [3.8, 4) is 22.6 Å². The summed E-state index contributed by atoms with van der Waals surface area (Å²) in [6.45, 7) is 1.76. The number of carbonyl (C=O) groups is 2. The van der Waals surface area contributed by atoms with Crippen molar-refractivity contribution in [2.45, 2.75) is 25.3 Å². The molecule has 0 fully saturated rings. The van der Waals surface area contributed by atoms with Crippen molar-refractivity contribution >= 4 is 12.1 Å². The van der Waals surface area contributed by atoms with Gasteiger partial charge in [-0.3, -0.25) is 0 Å². The Balaban J connectivity index is 1.45. The lowest BCUT2D eigenvalue weighted by Crippen LogP contribution is -2.43. The van der Waals surface area contributed by atoms with Crippen LogP contribution in [-0.4, -0.2) is 40.0 Å². The molecule has 1 aliphatic rings. The van der Waals surface area contributed by atoms with Gasteiger partial charge in [0.05, 0.1) is 0 Å². The summed E-state index contributed by atoms with van der Waals surface area (Å²) >= 11 is 0. The normalized spacial score (nSPS) is 13.2. The first kappa shape index (κ1) is 21.2. The molecule has 3 aromatic rings. The highest BCUT2D eigenvalue weighted by atomic mass is 16.5. The Kier molecular flexibility index (Phi) is 5.73. The number of amides is 1. The Morgan fingerprint density at radius 3 is 2.12 bits per heavy atom. The second kappa shape index (κ2) is 8.63. The minimum absolute atomic E-state index is 0.0702. The Labute approximate surface area is 184 Å². The number of alkyl carbamates (subject to hydrolysis) is 1. The molecule has 7 heteroatoms. The highest BCUT2D eigenvalue weighted by molar-refractivity contribution is 5.81. The number of ether oxygens (including phenoxy) is 1. The van der Waals surface area contributed by atoms with Crippen molar-refractivity contribution in [3.63, 3.8) is 0 Å². The molecule has 4 rings (SSSR count). The minimum Gasteiger partial charge on any atom is -0.504 e. The lowest BCUT2D eigenvalue weighted by molar-refractivity contribution is -0.139. The van der Waals surface area contributed by atoms with Crippen molar-refractivity contribution < 1.29 is 29.6 Å². The van der Waals surface area contributed by atoms with E-state index in [1.54, 1.807) is 6.92 Å². The first-order valence-electron chi connectivity index (χ1n) is 10.2. The maximum atomic E-state index is 12.4. The molecular weight excluding hydrogens is 410 g/mol. The van der Waals surface area contributed by atoms with E-state index in [1.807, 2.05) is 48.5 Å². The summed E-state index contributed by atoms with van der Waals surface area (Å²) in [6.07, 6.45) is -0.904. The fraction of sp³-hybridized carbons (Fsp3) is 0.200. The van der Waals surface area contributed by atoms with Gasteiger partial charge in [-0.1, -0.05) is 48.5 Å². The average Bonchev–Trinajstić information content (AvgIpc) is 3.09. The van der Waals surface area contributed by atoms with Crippen molar-refractivity contribution in [1.82, 2.24) is 5.32 Å². The van der Waals surface area contributed by atoms with Crippen LogP contribution in [0.1, 0.15) is 28.2 Å². The summed E-state index contributed by atoms with van der Waals surface area (Å²) < 4.78 is 5.43. The number of aliphatic carboxylic acids is 1. The van der Waals surface area contributed by atoms with E-state index < -0.39 is 18.1 Å². The molecule has 0 heterocycles. The lowest BCUT2D eigenvalue weighted by Gasteiger charge is -2.18. The van der Waals surface area contributed by atoms with Crippen molar-refractivity contribution in [3.05, 3.63) is 82.9 Å². The summed E-state index contributed by atoms with van der Waals surface area (Å²) in [6, 6.07) is 17.3. The van der Waals surface area contributed by atoms with Crippen LogP contribution in [0.15, 0.2) is 60.7 Å². The van der Waals surface area contributed by atoms with Crippen LogP contribution in [-0.2, 0) is 16.0 Å². The van der Waals surface area contributed by atoms with Crippen LogP contribution in [0.2, 0.25) is 0 Å². The molecule has 0 saturated carbocycles. The molecule has 32 heavy (non-hydrogen) atoms. The van der Waals surface area contributed by atoms with Crippen LogP contribution >= 0.6 is 0 Å². The molecule has 0 spiro atoms. The third-order valence-electron chi connectivity index (χ3n) is 5.79. The van der Waals surface area contributed by atoms with E-state index in [0.29, 0.717) is 11.1 Å². The zero-order valence-corrected chi connectivity index (χ0v) is 17.4. The smallest absolute Gasteiger partial charge is 0.407 e. The van der Waals surface area contributed by atoms with Gasteiger partial charge in [-0.2, -0.15) is 0 Å². The Bertz CT molecular complexity index is 1140. The number of aromatic hydroxyl groups is 2. The van der Waals surface area contributed by atoms with Crippen LogP contribution in [0.25, 0.3) is 11.1 Å². The Morgan fingerprint density at radius 2 is 1.53 bits per heavy atom. The van der Waals surface area contributed by atoms with Gasteiger partial charge < -0.3 is 25.4 Å². The molecule has 3 aromatic carbocycles. The number of benzene rings is 3. The fourth-order valence-electron chi connectivity index (χ4n) is 4.15. The van der Waals surface area contributed by atoms with E-state index in [-0.39, 0.29) is 30.4 Å². The number of hydrogen-bond acceptors (Lipinski definition) is 5. The number of rotatable bonds is 6. The maximum absolute atomic E-state index is 12.4. The summed E-state index contributed by atoms with van der Waals surface area (Å²) in [5, 5.41) is 31.2. The number of carboxylic acid groups (broad SMARTS) is 1. The van der Waals surface area contributed by atoms with E-state index >= 15 is 0 Å². The standard InChI is InChI=1S/C25H23NO6/c1-14-10-22(27)23(28)12-15(14)11-21(24(29)30)26-25(31)32-13-20-18-8-4-2-6-16(18)17-7-3-5-9-19(17)20/h2-10,12,20-21,27-28H,11,13H2,1H3,(H,26,31)(H,29,30). The Hall–Kier alpha value is -4.00. The van der Waals surface area contributed by atoms with Gasteiger partial charge in [0, 0.05) is 12.3 Å². The molecule has 1 amide bonds. The van der Waals surface area contributed by atoms with E-state index in [2.05, 4.69) is 5.32 Å². The number of phenolic OH excluding ortho intramolecular Hbond substituents is 2. The highest BCUT2D eigenvalue weighted by Gasteiger charge is 2.30. The summed E-state index contributed by atoms with van der Waals surface area (Å²) in [7, 11) is 0. The summed E-state index contributed by atoms with van der Waals surface area (Å²) in [5.41, 5.74) is 5.41. The van der Waals surface area contributed by atoms with Crippen molar-refractivity contribution in [2.24, 2.45) is 0 Å². The molecule has 0 aromatic heterocycles. The van der Waals surface area contributed by atoms with E-state index in [1.165, 1.54) is 12.1 Å². The van der Waals surface area contributed by atoms with E-state index in [9.17, 15) is 24.9 Å². The van der Waals surface area contributed by atoms with Gasteiger partial charge in [0.2, 0.25) is 0 Å². The molecule has 0 aliphatic heterocycles. The molecule has 1 aliphatic carbocycles. The molecule has 0 saturated heterocycles. The molecule has 1 unspecified atom stereocenters. The first-order chi connectivity index (χ1) is 15.3. The lowest BCUT2D eigenvalue weighted by atomic mass is 9.98. The molecule has 0 bridgehead atoms. The SMILES string of the molecule is Cc1cc(O)c(O)cc1CC(NC(=O)OCC1c2ccccc2-c2ccccc21)C(=O)O. The predicted octanol–water partition coefficient (Wildman–Crippen LogP) is 3.94. The van der Waals surface area contributed by atoms with Gasteiger partial charge in [-0.25, -0.2) is 9.59 Å². The number of phenols is 2. The third-order valence-corrected chi connectivity index (χ3v) is 5.79. The van der Waals surface area contributed by atoms with Gasteiger partial charge in [0.25, 0.3) is 0 Å². The van der Waals surface area contributed by atoms with Gasteiger partial charge >= 0.3 is 12.1 Å². The van der Waals surface area contributed by atoms with Gasteiger partial charge in [0.1, 0.15) is 12.6 Å². The maximum Gasteiger partial charge on any atom is 0.407 e. The number of carbonyl (C=O) groups excluding carboxylic acids is 1. The van der Waals surface area contributed by atoms with Crippen LogP contribution in [0.5, 0.6) is 11.5 Å². The van der Waals surface area contributed by atoms with Crippen LogP contribution in [0.3, 0.4) is 0 Å². The van der Waals surface area contributed by atoms with Gasteiger partial charge in [0.15, 0.2) is 11.5 Å². The number of hydrogen-bond donors (Lipinski definition) is 4. The number of nitrogens with one attached hydrogen (secondary N) is 1. The van der Waals surface area contributed by atoms with Crippen molar-refractivity contribution in [1.29, 1.82) is 0 Å². The predicted molar refractivity (Wildman–Crippen MR) is 118 cm³/mol. The highest BCUT2D eigenvalue weighted by Crippen LogP contribution is 2.44. The van der Waals surface area contributed by atoms with E-state index in [4.69, 9.17) is 4.74 Å². The molecular formula is C25H23NO6. The minimum atomic E-state index is -1.26. The zero-order valence-electron chi connectivity index (χ0n) is 17.4. The van der Waals surface area contributed by atoms with Crippen LogP contribution in [0, 0.1) is 6.92 Å². The summed E-state index contributed by atoms with van der Waals surface area (Å²) in [5.74, 6) is -2.00. The quantitative estimate of drug-likeness (QED) is 0.438. The molecule has 4 N–H and O–H groups in total. The monoisotopic (exact) mass is 433 g/mol. The van der Waals surface area contributed by atoms with Gasteiger partial charge in [-0.05, 0) is 52.4 Å². The second-order valence-electron chi connectivity index (χ2n) is 7.83. The molecule has 164 valence electrons. The van der Waals surface area contributed by atoms with Crippen LogP contribution < -0.4 is 5.32 Å². The molecule has 0 radical (unpaired) electrons. The van der Waals surface area contributed by atoms with E-state index in [0.717, 1.165) is 22.3 Å². The average molecular weight is 433 g/mol. The second-order valence-corrected chi connectivity index (χ2v) is 7.83.